The Morgan fingerprint density at radius 1 is 0.893 bits per heavy atom. The highest BCUT2D eigenvalue weighted by Crippen LogP contribution is 2.27. The first kappa shape index (κ1) is 19.8. The lowest BCUT2D eigenvalue weighted by molar-refractivity contribution is -0.115. The van der Waals surface area contributed by atoms with Crippen LogP contribution in [0.3, 0.4) is 0 Å². The van der Waals surface area contributed by atoms with Crippen molar-refractivity contribution in [1.82, 2.24) is 5.32 Å². The summed E-state index contributed by atoms with van der Waals surface area (Å²) in [6.45, 7) is 4.32. The van der Waals surface area contributed by atoms with E-state index in [1.165, 1.54) is 12.1 Å². The van der Waals surface area contributed by atoms with Crippen molar-refractivity contribution in [2.75, 3.05) is 11.9 Å². The molecule has 3 aromatic rings. The first-order valence-corrected chi connectivity index (χ1v) is 9.47. The van der Waals surface area contributed by atoms with Gasteiger partial charge in [0, 0.05) is 17.3 Å². The molecule has 0 aromatic heterocycles. The molecule has 3 nitrogen and oxygen atoms in total. The summed E-state index contributed by atoms with van der Waals surface area (Å²) >= 11 is 0. The molecule has 144 valence electrons. The van der Waals surface area contributed by atoms with Crippen LogP contribution in [0.5, 0.6) is 0 Å². The topological polar surface area (TPSA) is 41.1 Å². The number of benzene rings is 3. The molecule has 3 rings (SSSR count). The van der Waals surface area contributed by atoms with Crippen LogP contribution in [0.2, 0.25) is 0 Å². The molecule has 4 heteroatoms. The third-order valence-corrected chi connectivity index (χ3v) is 4.66. The summed E-state index contributed by atoms with van der Waals surface area (Å²) in [5.74, 6) is -0.118. The fourth-order valence-corrected chi connectivity index (χ4v) is 3.27. The Morgan fingerprint density at radius 3 is 2.21 bits per heavy atom. The molecule has 0 aliphatic carbocycles. The van der Waals surface area contributed by atoms with E-state index in [1.54, 1.807) is 12.1 Å². The van der Waals surface area contributed by atoms with Gasteiger partial charge in [0.05, 0.1) is 6.54 Å². The number of amides is 1. The van der Waals surface area contributed by atoms with Crippen molar-refractivity contribution in [1.29, 1.82) is 0 Å². The second-order valence-electron chi connectivity index (χ2n) is 7.11. The highest BCUT2D eigenvalue weighted by atomic mass is 19.1. The van der Waals surface area contributed by atoms with Gasteiger partial charge in [-0.05, 0) is 35.2 Å². The summed E-state index contributed by atoms with van der Waals surface area (Å²) < 4.78 is 13.2. The molecule has 3 aromatic carbocycles. The van der Waals surface area contributed by atoms with E-state index < -0.39 is 0 Å². The normalized spacial score (nSPS) is 12.0. The van der Waals surface area contributed by atoms with Gasteiger partial charge in [-0.3, -0.25) is 4.79 Å². The molecule has 0 heterocycles. The van der Waals surface area contributed by atoms with Crippen molar-refractivity contribution < 1.29 is 9.18 Å². The van der Waals surface area contributed by atoms with Crippen LogP contribution < -0.4 is 10.6 Å². The van der Waals surface area contributed by atoms with Crippen LogP contribution >= 0.6 is 0 Å². The summed E-state index contributed by atoms with van der Waals surface area (Å²) in [6, 6.07) is 24.1. The molecule has 0 aliphatic heterocycles. The predicted molar refractivity (Wildman–Crippen MR) is 112 cm³/mol. The predicted octanol–water partition coefficient (Wildman–Crippen LogP) is 5.42. The third kappa shape index (κ3) is 5.05. The zero-order valence-corrected chi connectivity index (χ0v) is 16.2. The van der Waals surface area contributed by atoms with Crippen LogP contribution in [0.4, 0.5) is 10.1 Å². The number of hydrogen-bond donors (Lipinski definition) is 2. The van der Waals surface area contributed by atoms with Gasteiger partial charge in [-0.1, -0.05) is 74.5 Å². The molecule has 0 bridgehead atoms. The summed E-state index contributed by atoms with van der Waals surface area (Å²) in [7, 11) is 0. The van der Waals surface area contributed by atoms with Gasteiger partial charge < -0.3 is 10.6 Å². The zero-order chi connectivity index (χ0) is 19.9. The average molecular weight is 376 g/mol. The summed E-state index contributed by atoms with van der Waals surface area (Å²) in [6.07, 6.45) is 0. The molecule has 0 saturated carbocycles. The molecular weight excluding hydrogens is 351 g/mol. The Hall–Kier alpha value is -2.98. The number of anilines is 1. The van der Waals surface area contributed by atoms with Crippen LogP contribution in [0, 0.1) is 11.7 Å². The minimum Gasteiger partial charge on any atom is -0.324 e. The van der Waals surface area contributed by atoms with Crippen molar-refractivity contribution >= 4 is 11.6 Å². The van der Waals surface area contributed by atoms with Crippen molar-refractivity contribution in [3.05, 3.63) is 90.2 Å². The number of halogens is 1. The number of nitrogens with one attached hydrogen (secondary N) is 2. The number of hydrogen-bond acceptors (Lipinski definition) is 2. The largest absolute Gasteiger partial charge is 0.324 e. The third-order valence-electron chi connectivity index (χ3n) is 4.66. The second-order valence-corrected chi connectivity index (χ2v) is 7.11. The lowest BCUT2D eigenvalue weighted by atomic mass is 9.96. The Morgan fingerprint density at radius 2 is 1.54 bits per heavy atom. The maximum absolute atomic E-state index is 13.2. The quantitative estimate of drug-likeness (QED) is 0.578. The van der Waals surface area contributed by atoms with E-state index in [0.717, 1.165) is 22.4 Å². The highest BCUT2D eigenvalue weighted by Gasteiger charge is 2.17. The molecule has 1 atom stereocenters. The van der Waals surface area contributed by atoms with Gasteiger partial charge in [0.25, 0.3) is 0 Å². The minimum atomic E-state index is -0.262. The Balaban J connectivity index is 1.68. The minimum absolute atomic E-state index is 0.0317. The highest BCUT2D eigenvalue weighted by molar-refractivity contribution is 5.96. The van der Waals surface area contributed by atoms with Gasteiger partial charge in [-0.15, -0.1) is 0 Å². The molecule has 0 spiro atoms. The van der Waals surface area contributed by atoms with E-state index in [0.29, 0.717) is 0 Å². The molecule has 0 saturated heterocycles. The van der Waals surface area contributed by atoms with Crippen LogP contribution in [-0.2, 0) is 4.79 Å². The summed E-state index contributed by atoms with van der Waals surface area (Å²) in [4.78, 5) is 12.6. The first-order chi connectivity index (χ1) is 13.5. The van der Waals surface area contributed by atoms with E-state index in [1.807, 2.05) is 54.6 Å². The Kier molecular flexibility index (Phi) is 6.56. The molecule has 1 amide bonds. The fraction of sp³-hybridized carbons (Fsp3) is 0.208. The van der Waals surface area contributed by atoms with Gasteiger partial charge in [0.1, 0.15) is 5.82 Å². The number of rotatable bonds is 7. The Labute approximate surface area is 165 Å². The van der Waals surface area contributed by atoms with Gasteiger partial charge >= 0.3 is 0 Å². The van der Waals surface area contributed by atoms with Gasteiger partial charge in [0.2, 0.25) is 5.91 Å². The fourth-order valence-electron chi connectivity index (χ4n) is 3.27. The van der Waals surface area contributed by atoms with Crippen molar-refractivity contribution in [3.63, 3.8) is 0 Å². The second kappa shape index (κ2) is 9.29. The molecule has 28 heavy (non-hydrogen) atoms. The van der Waals surface area contributed by atoms with Crippen LogP contribution in [0.1, 0.15) is 25.5 Å². The van der Waals surface area contributed by atoms with E-state index in [4.69, 9.17) is 0 Å². The van der Waals surface area contributed by atoms with Crippen LogP contribution in [0.25, 0.3) is 11.1 Å². The van der Waals surface area contributed by atoms with E-state index in [9.17, 15) is 9.18 Å². The van der Waals surface area contributed by atoms with Crippen molar-refractivity contribution in [2.24, 2.45) is 5.92 Å². The SMILES string of the molecule is CC(C)[C@@H](NCC(=O)Nc1ccccc1-c1ccccc1)c1ccc(F)cc1. The monoisotopic (exact) mass is 376 g/mol. The smallest absolute Gasteiger partial charge is 0.238 e. The van der Waals surface area contributed by atoms with E-state index >= 15 is 0 Å². The number of para-hydroxylation sites is 1. The standard InChI is InChI=1S/C24H25FN2O/c1-17(2)24(19-12-14-20(25)15-13-19)26-16-23(28)27-22-11-7-6-10-21(22)18-8-4-3-5-9-18/h3-15,17,24,26H,16H2,1-2H3,(H,27,28)/t24-/m1/s1. The number of carbonyl (C=O) groups is 1. The van der Waals surface area contributed by atoms with Gasteiger partial charge in [-0.2, -0.15) is 0 Å². The molecule has 0 radical (unpaired) electrons. The lowest BCUT2D eigenvalue weighted by Crippen LogP contribution is -2.33. The van der Waals surface area contributed by atoms with Gasteiger partial charge in [-0.25, -0.2) is 4.39 Å². The van der Waals surface area contributed by atoms with Gasteiger partial charge in [0.15, 0.2) is 0 Å². The maximum atomic E-state index is 13.2. The van der Waals surface area contributed by atoms with E-state index in [-0.39, 0.29) is 30.2 Å². The zero-order valence-electron chi connectivity index (χ0n) is 16.2. The average Bonchev–Trinajstić information content (AvgIpc) is 2.70. The lowest BCUT2D eigenvalue weighted by Gasteiger charge is -2.23. The molecule has 0 fully saturated rings. The number of carbonyl (C=O) groups excluding carboxylic acids is 1. The molecule has 0 unspecified atom stereocenters. The summed E-state index contributed by atoms with van der Waals surface area (Å²) in [5.41, 5.74) is 3.78. The van der Waals surface area contributed by atoms with E-state index in [2.05, 4.69) is 24.5 Å². The first-order valence-electron chi connectivity index (χ1n) is 9.47. The van der Waals surface area contributed by atoms with Crippen molar-refractivity contribution in [3.8, 4) is 11.1 Å². The maximum Gasteiger partial charge on any atom is 0.238 e. The van der Waals surface area contributed by atoms with Crippen LogP contribution in [-0.4, -0.2) is 12.5 Å². The molecular formula is C24H25FN2O. The Bertz CT molecular complexity index is 907. The molecule has 0 aliphatic rings. The molecule has 2 N–H and O–H groups in total. The summed E-state index contributed by atoms with van der Waals surface area (Å²) in [5, 5.41) is 6.30. The van der Waals surface area contributed by atoms with Crippen molar-refractivity contribution in [2.45, 2.75) is 19.9 Å². The van der Waals surface area contributed by atoms with Crippen LogP contribution in [0.15, 0.2) is 78.9 Å².